The van der Waals surface area contributed by atoms with Crippen molar-refractivity contribution in [3.8, 4) is 11.5 Å². The monoisotopic (exact) mass is 537 g/mol. The molecule has 3 amide bonds. The molecule has 0 spiro atoms. The van der Waals surface area contributed by atoms with E-state index in [1.807, 2.05) is 13.8 Å². The molecule has 3 aromatic rings. The number of methoxy groups -OCH3 is 1. The molecule has 1 aliphatic rings. The van der Waals surface area contributed by atoms with E-state index >= 15 is 0 Å². The number of aromatic amines is 1. The molecule has 208 valence electrons. The van der Waals surface area contributed by atoms with Crippen LogP contribution < -0.4 is 20.1 Å². The number of amides is 3. The largest absolute Gasteiger partial charge is 0.493 e. The molecule has 0 saturated carbocycles. The van der Waals surface area contributed by atoms with Gasteiger partial charge in [0.15, 0.2) is 11.5 Å². The third-order valence-electron chi connectivity index (χ3n) is 6.41. The topological polar surface area (TPSA) is 143 Å². The Hall–Kier alpha value is -4.35. The lowest BCUT2D eigenvalue weighted by molar-refractivity contribution is -0.123. The lowest BCUT2D eigenvalue weighted by atomic mass is 10.0. The summed E-state index contributed by atoms with van der Waals surface area (Å²) < 4.78 is 13.1. The highest BCUT2D eigenvalue weighted by Gasteiger charge is 2.27. The number of carbonyl (C=O) groups is 3. The third-order valence-corrected chi connectivity index (χ3v) is 6.41. The van der Waals surface area contributed by atoms with E-state index in [0.29, 0.717) is 53.8 Å². The highest BCUT2D eigenvalue weighted by Crippen LogP contribution is 2.28. The predicted molar refractivity (Wildman–Crippen MR) is 143 cm³/mol. The first-order valence-electron chi connectivity index (χ1n) is 13.0. The molecule has 2 bridgehead atoms. The van der Waals surface area contributed by atoms with Crippen LogP contribution in [-0.4, -0.2) is 75.7 Å². The average Bonchev–Trinajstić information content (AvgIpc) is 3.58. The van der Waals surface area contributed by atoms with Crippen LogP contribution in [0.3, 0.4) is 0 Å². The summed E-state index contributed by atoms with van der Waals surface area (Å²) >= 11 is 0. The van der Waals surface area contributed by atoms with Gasteiger partial charge in [0.2, 0.25) is 5.91 Å². The Balaban J connectivity index is 1.65. The second-order valence-electron chi connectivity index (χ2n) is 9.68. The normalized spacial score (nSPS) is 17.4. The quantitative estimate of drug-likeness (QED) is 0.464. The van der Waals surface area contributed by atoms with E-state index < -0.39 is 6.04 Å². The van der Waals surface area contributed by atoms with Gasteiger partial charge in [-0.3, -0.25) is 14.4 Å². The van der Waals surface area contributed by atoms with Gasteiger partial charge in [-0.2, -0.15) is 5.10 Å². The molecule has 12 heteroatoms. The van der Waals surface area contributed by atoms with Crippen molar-refractivity contribution in [3.63, 3.8) is 0 Å². The number of nitrogens with one attached hydrogen (secondary N) is 3. The molecule has 1 atom stereocenters. The Labute approximate surface area is 227 Å². The van der Waals surface area contributed by atoms with Crippen LogP contribution in [0.2, 0.25) is 0 Å². The lowest BCUT2D eigenvalue weighted by Crippen LogP contribution is -2.44. The summed E-state index contributed by atoms with van der Waals surface area (Å²) in [6.07, 6.45) is 3.71. The zero-order valence-electron chi connectivity index (χ0n) is 22.7. The zero-order chi connectivity index (χ0) is 27.9. The minimum atomic E-state index is -0.432. The Morgan fingerprint density at radius 2 is 2.03 bits per heavy atom. The fraction of sp³-hybridized carbons (Fsp3) is 0.444. The van der Waals surface area contributed by atoms with E-state index in [9.17, 15) is 14.4 Å². The van der Waals surface area contributed by atoms with Gasteiger partial charge in [-0.25, -0.2) is 9.67 Å². The van der Waals surface area contributed by atoms with Gasteiger partial charge in [0, 0.05) is 31.0 Å². The third kappa shape index (κ3) is 6.75. The Morgan fingerprint density at radius 3 is 2.74 bits per heavy atom. The molecular weight excluding hydrogens is 502 g/mol. The van der Waals surface area contributed by atoms with Crippen molar-refractivity contribution in [2.75, 3.05) is 33.4 Å². The van der Waals surface area contributed by atoms with E-state index in [1.54, 1.807) is 48.3 Å². The Kier molecular flexibility index (Phi) is 8.84. The molecule has 12 nitrogen and oxygen atoms in total. The molecule has 1 aromatic carbocycles. The molecule has 3 heterocycles. The highest BCUT2D eigenvalue weighted by atomic mass is 16.5. The van der Waals surface area contributed by atoms with Crippen LogP contribution in [0.4, 0.5) is 0 Å². The number of hydrogen-bond acceptors (Lipinski definition) is 7. The molecule has 0 radical (unpaired) electrons. The van der Waals surface area contributed by atoms with Crippen molar-refractivity contribution in [2.24, 2.45) is 5.92 Å². The van der Waals surface area contributed by atoms with Crippen LogP contribution in [0, 0.1) is 12.8 Å². The molecule has 3 N–H and O–H groups in total. The maximum atomic E-state index is 13.2. The summed E-state index contributed by atoms with van der Waals surface area (Å²) in [5.74, 6) is 1.24. The SMILES string of the molecule is COc1ccc2cc1OCCn1nc(C)nc1[C@H](C(C)C)NC(=O)CN(C(=O)c1cc[nH]c1)CCCNC2=O. The minimum Gasteiger partial charge on any atom is -0.493 e. The van der Waals surface area contributed by atoms with Crippen molar-refractivity contribution in [2.45, 2.75) is 39.8 Å². The summed E-state index contributed by atoms with van der Waals surface area (Å²) in [5, 5.41) is 10.4. The van der Waals surface area contributed by atoms with Gasteiger partial charge >= 0.3 is 0 Å². The van der Waals surface area contributed by atoms with Gasteiger partial charge in [-0.05, 0) is 43.5 Å². The number of nitrogens with zero attached hydrogens (tertiary/aromatic N) is 4. The molecule has 39 heavy (non-hydrogen) atoms. The summed E-state index contributed by atoms with van der Waals surface area (Å²) in [5.41, 5.74) is 0.874. The second kappa shape index (κ2) is 12.5. The summed E-state index contributed by atoms with van der Waals surface area (Å²) in [7, 11) is 1.54. The van der Waals surface area contributed by atoms with E-state index in [0.717, 1.165) is 0 Å². The van der Waals surface area contributed by atoms with E-state index in [1.165, 1.54) is 12.0 Å². The summed E-state index contributed by atoms with van der Waals surface area (Å²) in [6, 6.07) is 6.23. The number of H-pyrrole nitrogens is 1. The minimum absolute atomic E-state index is 0.00336. The maximum absolute atomic E-state index is 13.2. The standard InChI is InChI=1S/C27H35N7O5/c1-17(2)24-25-30-18(3)32-34(25)12-13-39-22-14-19(6-7-21(22)38-4)26(36)29-9-5-11-33(16-23(35)31-24)27(37)20-8-10-28-15-20/h6-8,10,14-15,17,24,28H,5,9,11-13,16H2,1-4H3,(H,29,36)(H,31,35)/t24-/m0/s1. The van der Waals surface area contributed by atoms with Crippen LogP contribution in [0.15, 0.2) is 36.7 Å². The van der Waals surface area contributed by atoms with Crippen LogP contribution in [0.1, 0.15) is 58.7 Å². The fourth-order valence-corrected chi connectivity index (χ4v) is 4.43. The van der Waals surface area contributed by atoms with Crippen LogP contribution in [0.5, 0.6) is 11.5 Å². The van der Waals surface area contributed by atoms with Gasteiger partial charge in [-0.15, -0.1) is 0 Å². The molecule has 2 aromatic heterocycles. The molecule has 0 saturated heterocycles. The number of hydrogen-bond donors (Lipinski definition) is 3. The smallest absolute Gasteiger partial charge is 0.255 e. The first-order valence-corrected chi connectivity index (χ1v) is 13.0. The van der Waals surface area contributed by atoms with E-state index in [4.69, 9.17) is 9.47 Å². The number of carbonyl (C=O) groups excluding carboxylic acids is 3. The fourth-order valence-electron chi connectivity index (χ4n) is 4.43. The molecule has 0 unspecified atom stereocenters. The number of fused-ring (bicyclic) bond motifs is 3. The van der Waals surface area contributed by atoms with Crippen LogP contribution in [-0.2, 0) is 11.3 Å². The number of rotatable bonds is 3. The Morgan fingerprint density at radius 1 is 1.21 bits per heavy atom. The number of ether oxygens (including phenoxy) is 2. The highest BCUT2D eigenvalue weighted by molar-refractivity contribution is 5.96. The van der Waals surface area contributed by atoms with Crippen molar-refractivity contribution in [1.82, 2.24) is 35.3 Å². The summed E-state index contributed by atoms with van der Waals surface area (Å²) in [4.78, 5) is 48.2. The molecule has 0 aliphatic carbocycles. The van der Waals surface area contributed by atoms with Gasteiger partial charge in [0.25, 0.3) is 11.8 Å². The average molecular weight is 538 g/mol. The maximum Gasteiger partial charge on any atom is 0.255 e. The lowest BCUT2D eigenvalue weighted by Gasteiger charge is -2.26. The predicted octanol–water partition coefficient (Wildman–Crippen LogP) is 2.09. The number of aryl methyl sites for hydroxylation is 1. The Bertz CT molecular complexity index is 1300. The first kappa shape index (κ1) is 27.7. The first-order chi connectivity index (χ1) is 18.8. The molecule has 1 aliphatic heterocycles. The summed E-state index contributed by atoms with van der Waals surface area (Å²) in [6.45, 7) is 6.80. The van der Waals surface area contributed by atoms with Crippen molar-refractivity contribution >= 4 is 17.7 Å². The van der Waals surface area contributed by atoms with E-state index in [2.05, 4.69) is 25.7 Å². The van der Waals surface area contributed by atoms with Gasteiger partial charge < -0.3 is 30.0 Å². The molecule has 0 fully saturated rings. The van der Waals surface area contributed by atoms with Crippen LogP contribution in [0.25, 0.3) is 0 Å². The van der Waals surface area contributed by atoms with E-state index in [-0.39, 0.29) is 43.3 Å². The van der Waals surface area contributed by atoms with Gasteiger partial charge in [0.05, 0.1) is 31.8 Å². The van der Waals surface area contributed by atoms with Crippen molar-refractivity contribution < 1.29 is 23.9 Å². The molecular formula is C27H35N7O5. The molecule has 4 rings (SSSR count). The van der Waals surface area contributed by atoms with Crippen molar-refractivity contribution in [1.29, 1.82) is 0 Å². The zero-order valence-corrected chi connectivity index (χ0v) is 22.7. The number of aromatic nitrogens is 4. The number of benzene rings is 1. The van der Waals surface area contributed by atoms with Crippen molar-refractivity contribution in [3.05, 3.63) is 59.4 Å². The van der Waals surface area contributed by atoms with Crippen LogP contribution >= 0.6 is 0 Å². The van der Waals surface area contributed by atoms with Gasteiger partial charge in [-0.1, -0.05) is 13.8 Å². The van der Waals surface area contributed by atoms with Gasteiger partial charge in [0.1, 0.15) is 18.3 Å². The second-order valence-corrected chi connectivity index (χ2v) is 9.68.